The van der Waals surface area contributed by atoms with E-state index < -0.39 is 0 Å². The topological polar surface area (TPSA) is 55.1 Å². The Balaban J connectivity index is 2.50. The van der Waals surface area contributed by atoms with Gasteiger partial charge < -0.3 is 9.73 Å². The number of hydrogen-bond donors (Lipinski definition) is 1. The molecule has 4 heteroatoms. The van der Waals surface area contributed by atoms with Gasteiger partial charge in [0.1, 0.15) is 0 Å². The van der Waals surface area contributed by atoms with Gasteiger partial charge in [0, 0.05) is 6.04 Å². The number of aromatic nitrogens is 1. The lowest BCUT2D eigenvalue weighted by molar-refractivity contribution is 0.0907. The Hall–Kier alpha value is -1.32. The Bertz CT molecular complexity index is 253. The average molecular weight is 182 g/mol. The number of nitrogens with one attached hydrogen (secondary N) is 1. The van der Waals surface area contributed by atoms with Crippen molar-refractivity contribution in [3.05, 3.63) is 18.4 Å². The van der Waals surface area contributed by atoms with Crippen LogP contribution < -0.4 is 5.32 Å². The van der Waals surface area contributed by atoms with Crippen molar-refractivity contribution in [3.8, 4) is 0 Å². The summed E-state index contributed by atoms with van der Waals surface area (Å²) in [7, 11) is 0. The maximum absolute atomic E-state index is 11.4. The molecule has 0 saturated heterocycles. The smallest absolute Gasteiger partial charge is 0.288 e. The fourth-order valence-electron chi connectivity index (χ4n) is 1.08. The molecule has 0 fully saturated rings. The van der Waals surface area contributed by atoms with E-state index in [0.717, 1.165) is 12.8 Å². The van der Waals surface area contributed by atoms with E-state index in [9.17, 15) is 4.79 Å². The molecule has 0 saturated carbocycles. The van der Waals surface area contributed by atoms with E-state index in [1.54, 1.807) is 0 Å². The van der Waals surface area contributed by atoms with Crippen LogP contribution in [0.15, 0.2) is 17.0 Å². The highest BCUT2D eigenvalue weighted by atomic mass is 16.3. The molecule has 0 atom stereocenters. The minimum absolute atomic E-state index is 0.189. The summed E-state index contributed by atoms with van der Waals surface area (Å²) in [5.41, 5.74) is 0. The summed E-state index contributed by atoms with van der Waals surface area (Å²) in [4.78, 5) is 15.1. The summed E-state index contributed by atoms with van der Waals surface area (Å²) in [5.74, 6) is 0.0816. The van der Waals surface area contributed by atoms with Gasteiger partial charge in [0.25, 0.3) is 5.91 Å². The Morgan fingerprint density at radius 2 is 2.31 bits per heavy atom. The van der Waals surface area contributed by atoms with Crippen molar-refractivity contribution in [1.82, 2.24) is 10.3 Å². The highest BCUT2D eigenvalue weighted by Gasteiger charge is 2.12. The molecular weight excluding hydrogens is 168 g/mol. The van der Waals surface area contributed by atoms with Crippen LogP contribution in [-0.4, -0.2) is 16.9 Å². The van der Waals surface area contributed by atoms with Crippen LogP contribution in [0.1, 0.15) is 37.2 Å². The molecule has 0 aliphatic carbocycles. The van der Waals surface area contributed by atoms with Crippen molar-refractivity contribution in [2.24, 2.45) is 0 Å². The zero-order chi connectivity index (χ0) is 9.68. The van der Waals surface area contributed by atoms with E-state index in [1.807, 2.05) is 13.8 Å². The number of nitrogens with zero attached hydrogens (tertiary/aromatic N) is 1. The molecule has 1 heterocycles. The Morgan fingerprint density at radius 1 is 1.62 bits per heavy atom. The zero-order valence-corrected chi connectivity index (χ0v) is 7.91. The monoisotopic (exact) mass is 182 g/mol. The number of carbonyl (C=O) groups excluding carboxylic acids is 1. The van der Waals surface area contributed by atoms with Gasteiger partial charge in [-0.05, 0) is 12.8 Å². The van der Waals surface area contributed by atoms with E-state index in [-0.39, 0.29) is 17.7 Å². The van der Waals surface area contributed by atoms with Gasteiger partial charge in [0.15, 0.2) is 6.39 Å². The highest BCUT2D eigenvalue weighted by Crippen LogP contribution is 2.00. The van der Waals surface area contributed by atoms with Crippen molar-refractivity contribution < 1.29 is 9.21 Å². The van der Waals surface area contributed by atoms with Gasteiger partial charge in [0.2, 0.25) is 5.76 Å². The third-order valence-corrected chi connectivity index (χ3v) is 1.98. The SMILES string of the molecule is CCC(CC)NC(=O)c1cnco1. The van der Waals surface area contributed by atoms with Crippen molar-refractivity contribution in [2.75, 3.05) is 0 Å². The largest absolute Gasteiger partial charge is 0.438 e. The Kier molecular flexibility index (Phi) is 3.49. The second-order valence-electron chi connectivity index (χ2n) is 2.85. The number of carbonyl (C=O) groups is 1. The molecule has 72 valence electrons. The average Bonchev–Trinajstić information content (AvgIpc) is 2.66. The van der Waals surface area contributed by atoms with Crippen LogP contribution >= 0.6 is 0 Å². The molecule has 0 aliphatic rings. The first-order valence-corrected chi connectivity index (χ1v) is 4.47. The third kappa shape index (κ3) is 2.57. The summed E-state index contributed by atoms with van der Waals surface area (Å²) in [6, 6.07) is 0.220. The minimum atomic E-state index is -0.189. The van der Waals surface area contributed by atoms with Gasteiger partial charge >= 0.3 is 0 Å². The van der Waals surface area contributed by atoms with Gasteiger partial charge in [-0.25, -0.2) is 4.98 Å². The van der Waals surface area contributed by atoms with Crippen LogP contribution in [0.4, 0.5) is 0 Å². The predicted molar refractivity (Wildman–Crippen MR) is 48.3 cm³/mol. The van der Waals surface area contributed by atoms with Gasteiger partial charge in [-0.1, -0.05) is 13.8 Å². The normalized spacial score (nSPS) is 10.4. The summed E-state index contributed by atoms with van der Waals surface area (Å²) in [6.45, 7) is 4.07. The molecular formula is C9H14N2O2. The fourth-order valence-corrected chi connectivity index (χ4v) is 1.08. The van der Waals surface area contributed by atoms with Crippen LogP contribution in [0.2, 0.25) is 0 Å². The van der Waals surface area contributed by atoms with Crippen LogP contribution in [0.25, 0.3) is 0 Å². The van der Waals surface area contributed by atoms with E-state index >= 15 is 0 Å². The van der Waals surface area contributed by atoms with Gasteiger partial charge in [-0.2, -0.15) is 0 Å². The summed E-state index contributed by atoms with van der Waals surface area (Å²) in [6.07, 6.45) is 4.52. The molecule has 1 aromatic heterocycles. The maximum atomic E-state index is 11.4. The molecule has 0 aromatic carbocycles. The van der Waals surface area contributed by atoms with Gasteiger partial charge in [-0.15, -0.1) is 0 Å². The molecule has 0 spiro atoms. The molecule has 1 N–H and O–H groups in total. The number of rotatable bonds is 4. The first kappa shape index (κ1) is 9.77. The van der Waals surface area contributed by atoms with Crippen molar-refractivity contribution in [3.63, 3.8) is 0 Å². The van der Waals surface area contributed by atoms with Crippen LogP contribution in [-0.2, 0) is 0 Å². The van der Waals surface area contributed by atoms with E-state index in [1.165, 1.54) is 12.6 Å². The maximum Gasteiger partial charge on any atom is 0.288 e. The third-order valence-electron chi connectivity index (χ3n) is 1.98. The second-order valence-corrected chi connectivity index (χ2v) is 2.85. The van der Waals surface area contributed by atoms with Crippen molar-refractivity contribution in [2.45, 2.75) is 32.7 Å². The van der Waals surface area contributed by atoms with E-state index in [2.05, 4.69) is 10.3 Å². The van der Waals surface area contributed by atoms with E-state index in [0.29, 0.717) is 0 Å². The molecule has 0 bridgehead atoms. The number of oxazole rings is 1. The zero-order valence-electron chi connectivity index (χ0n) is 7.91. The van der Waals surface area contributed by atoms with Gasteiger partial charge in [0.05, 0.1) is 6.20 Å². The Labute approximate surface area is 77.3 Å². The molecule has 0 unspecified atom stereocenters. The van der Waals surface area contributed by atoms with Crippen LogP contribution in [0.3, 0.4) is 0 Å². The van der Waals surface area contributed by atoms with Crippen LogP contribution in [0, 0.1) is 0 Å². The fraction of sp³-hybridized carbons (Fsp3) is 0.556. The first-order chi connectivity index (χ1) is 6.27. The lowest BCUT2D eigenvalue weighted by atomic mass is 10.2. The molecule has 1 amide bonds. The second kappa shape index (κ2) is 4.64. The lowest BCUT2D eigenvalue weighted by Crippen LogP contribution is -2.33. The highest BCUT2D eigenvalue weighted by molar-refractivity contribution is 5.91. The summed E-state index contributed by atoms with van der Waals surface area (Å²) < 4.78 is 4.86. The van der Waals surface area contributed by atoms with Crippen LogP contribution in [0.5, 0.6) is 0 Å². The molecule has 4 nitrogen and oxygen atoms in total. The van der Waals surface area contributed by atoms with E-state index in [4.69, 9.17) is 4.42 Å². The van der Waals surface area contributed by atoms with Gasteiger partial charge in [-0.3, -0.25) is 4.79 Å². The molecule has 13 heavy (non-hydrogen) atoms. The standard InChI is InChI=1S/C9H14N2O2/c1-3-7(4-2)11-9(12)8-5-10-6-13-8/h5-7H,3-4H2,1-2H3,(H,11,12). The van der Waals surface area contributed by atoms with Crippen molar-refractivity contribution >= 4 is 5.91 Å². The predicted octanol–water partition coefficient (Wildman–Crippen LogP) is 1.59. The lowest BCUT2D eigenvalue weighted by Gasteiger charge is -2.12. The molecule has 1 rings (SSSR count). The summed E-state index contributed by atoms with van der Waals surface area (Å²) >= 11 is 0. The van der Waals surface area contributed by atoms with Crippen molar-refractivity contribution in [1.29, 1.82) is 0 Å². The minimum Gasteiger partial charge on any atom is -0.438 e. The first-order valence-electron chi connectivity index (χ1n) is 4.47. The Morgan fingerprint density at radius 3 is 2.77 bits per heavy atom. The molecule has 1 aromatic rings. The molecule has 0 aliphatic heterocycles. The number of amides is 1. The number of hydrogen-bond acceptors (Lipinski definition) is 3. The quantitative estimate of drug-likeness (QED) is 0.769. The summed E-state index contributed by atoms with van der Waals surface area (Å²) in [5, 5.41) is 2.85. The molecule has 0 radical (unpaired) electrons.